The van der Waals surface area contributed by atoms with Crippen molar-refractivity contribution in [2.75, 3.05) is 26.6 Å². The molecule has 1 unspecified atom stereocenters. The third kappa shape index (κ3) is 7.55. The summed E-state index contributed by atoms with van der Waals surface area (Å²) in [6, 6.07) is 9.66. The monoisotopic (exact) mass is 552 g/mol. The van der Waals surface area contributed by atoms with E-state index in [1.807, 2.05) is 30.3 Å². The van der Waals surface area contributed by atoms with Crippen LogP contribution in [0, 0.1) is 0 Å². The summed E-state index contributed by atoms with van der Waals surface area (Å²) in [6.45, 7) is 8.64. The lowest BCUT2D eigenvalue weighted by molar-refractivity contribution is -0.139. The van der Waals surface area contributed by atoms with E-state index in [1.165, 1.54) is 4.90 Å². The Morgan fingerprint density at radius 2 is 1.57 bits per heavy atom. The molecule has 8 nitrogen and oxygen atoms in total. The Morgan fingerprint density at radius 3 is 2.10 bits per heavy atom. The number of benzene rings is 2. The van der Waals surface area contributed by atoms with E-state index in [2.05, 4.69) is 33.0 Å². The van der Waals surface area contributed by atoms with Gasteiger partial charge in [0.1, 0.15) is 0 Å². The van der Waals surface area contributed by atoms with Gasteiger partial charge in [0.15, 0.2) is 11.5 Å². The minimum absolute atomic E-state index is 0.0543. The van der Waals surface area contributed by atoms with Gasteiger partial charge in [-0.3, -0.25) is 19.3 Å². The number of amides is 3. The molecule has 0 aromatic heterocycles. The van der Waals surface area contributed by atoms with Gasteiger partial charge in [-0.15, -0.1) is 0 Å². The first-order valence-corrected chi connectivity index (χ1v) is 14.1. The van der Waals surface area contributed by atoms with Gasteiger partial charge in [0.05, 0.1) is 27.9 Å². The molecule has 0 radical (unpaired) electrons. The Balaban J connectivity index is 1.90. The molecule has 218 valence electrons. The van der Waals surface area contributed by atoms with E-state index in [1.54, 1.807) is 21.3 Å². The molecule has 3 rings (SSSR count). The van der Waals surface area contributed by atoms with Crippen molar-refractivity contribution in [2.45, 2.75) is 90.5 Å². The van der Waals surface area contributed by atoms with Crippen molar-refractivity contribution in [1.82, 2.24) is 4.90 Å². The lowest BCUT2D eigenvalue weighted by Crippen LogP contribution is -2.28. The molecule has 0 bridgehead atoms. The maximum atomic E-state index is 13.6. The second kappa shape index (κ2) is 13.7. The highest BCUT2D eigenvalue weighted by atomic mass is 16.5. The number of unbranched alkanes of at least 4 members (excludes halogenated alkanes) is 2. The van der Waals surface area contributed by atoms with Crippen molar-refractivity contribution in [3.8, 4) is 17.2 Å². The summed E-state index contributed by atoms with van der Waals surface area (Å²) in [5.41, 5.74) is 3.22. The maximum Gasteiger partial charge on any atom is 0.229 e. The number of nitrogens with zero attached hydrogens (tertiary/aromatic N) is 1. The number of anilines is 1. The van der Waals surface area contributed by atoms with Crippen molar-refractivity contribution in [1.29, 1.82) is 0 Å². The molecule has 1 saturated heterocycles. The van der Waals surface area contributed by atoms with Crippen molar-refractivity contribution in [3.63, 3.8) is 0 Å². The van der Waals surface area contributed by atoms with E-state index >= 15 is 0 Å². The quantitative estimate of drug-likeness (QED) is 0.230. The summed E-state index contributed by atoms with van der Waals surface area (Å²) in [4.78, 5) is 39.2. The van der Waals surface area contributed by atoms with Gasteiger partial charge in [-0.1, -0.05) is 59.1 Å². The molecule has 0 saturated carbocycles. The number of hydrogen-bond donors (Lipinski definition) is 1. The summed E-state index contributed by atoms with van der Waals surface area (Å²) in [6.07, 6.45) is 4.77. The zero-order chi connectivity index (χ0) is 29.4. The zero-order valence-electron chi connectivity index (χ0n) is 25.0. The number of imide groups is 1. The van der Waals surface area contributed by atoms with E-state index in [-0.39, 0.29) is 54.9 Å². The van der Waals surface area contributed by atoms with Crippen molar-refractivity contribution >= 4 is 23.4 Å². The molecule has 3 amide bonds. The van der Waals surface area contributed by atoms with Gasteiger partial charge in [-0.05, 0) is 52.6 Å². The molecule has 1 aliphatic rings. The Bertz CT molecular complexity index is 1180. The first-order valence-electron chi connectivity index (χ1n) is 14.1. The second-order valence-electron chi connectivity index (χ2n) is 11.4. The molecule has 1 aliphatic heterocycles. The Morgan fingerprint density at radius 1 is 0.950 bits per heavy atom. The van der Waals surface area contributed by atoms with E-state index < -0.39 is 0 Å². The fraction of sp³-hybridized carbons (Fsp3) is 0.531. The first kappa shape index (κ1) is 31.0. The number of carbonyl (C=O) groups excluding carboxylic acids is 3. The number of carbonyl (C=O) groups is 3. The van der Waals surface area contributed by atoms with Crippen LogP contribution < -0.4 is 19.5 Å². The molecule has 2 aromatic rings. The Kier molecular flexibility index (Phi) is 10.6. The molecule has 1 N–H and O–H groups in total. The third-order valence-corrected chi connectivity index (χ3v) is 7.41. The molecule has 1 fully saturated rings. The van der Waals surface area contributed by atoms with E-state index in [0.29, 0.717) is 22.9 Å². The number of hydrogen-bond acceptors (Lipinski definition) is 6. The molecule has 0 aliphatic carbocycles. The topological polar surface area (TPSA) is 94.2 Å². The second-order valence-corrected chi connectivity index (χ2v) is 11.4. The van der Waals surface area contributed by atoms with Crippen LogP contribution in [0.3, 0.4) is 0 Å². The summed E-state index contributed by atoms with van der Waals surface area (Å²) in [5, 5.41) is 3.16. The van der Waals surface area contributed by atoms with Gasteiger partial charge < -0.3 is 19.5 Å². The maximum absolute atomic E-state index is 13.6. The highest BCUT2D eigenvalue weighted by Gasteiger charge is 2.29. The van der Waals surface area contributed by atoms with E-state index in [9.17, 15) is 14.4 Å². The van der Waals surface area contributed by atoms with Crippen LogP contribution in [0.4, 0.5) is 5.69 Å². The van der Waals surface area contributed by atoms with Crippen LogP contribution in [0.1, 0.15) is 95.2 Å². The number of methoxy groups -OCH3 is 3. The average molecular weight is 553 g/mol. The lowest BCUT2D eigenvalue weighted by atomic mass is 9.85. The Labute approximate surface area is 238 Å². The smallest absolute Gasteiger partial charge is 0.229 e. The van der Waals surface area contributed by atoms with Crippen molar-refractivity contribution in [3.05, 3.63) is 47.0 Å². The Hall–Kier alpha value is -3.55. The minimum Gasteiger partial charge on any atom is -0.493 e. The molecule has 8 heteroatoms. The fourth-order valence-corrected chi connectivity index (χ4v) is 5.22. The van der Waals surface area contributed by atoms with Crippen molar-refractivity contribution in [2.24, 2.45) is 0 Å². The van der Waals surface area contributed by atoms with Crippen molar-refractivity contribution < 1.29 is 28.6 Å². The molecule has 1 atom stereocenters. The number of ether oxygens (including phenoxy) is 3. The normalized spacial score (nSPS) is 14.3. The summed E-state index contributed by atoms with van der Waals surface area (Å²) in [7, 11) is 4.75. The molecular formula is C32H44N2O6. The molecule has 40 heavy (non-hydrogen) atoms. The predicted molar refractivity (Wildman–Crippen MR) is 156 cm³/mol. The number of nitrogens with one attached hydrogen (secondary N) is 1. The van der Waals surface area contributed by atoms with Crippen LogP contribution in [0.15, 0.2) is 30.3 Å². The molecule has 0 spiro atoms. The van der Waals surface area contributed by atoms with Gasteiger partial charge >= 0.3 is 0 Å². The summed E-state index contributed by atoms with van der Waals surface area (Å²) < 4.78 is 16.6. The average Bonchev–Trinajstić information content (AvgIpc) is 3.23. The third-order valence-electron chi connectivity index (χ3n) is 7.41. The van der Waals surface area contributed by atoms with Crippen LogP contribution >= 0.6 is 0 Å². The molecule has 2 aromatic carbocycles. The highest BCUT2D eigenvalue weighted by molar-refractivity contribution is 6.01. The van der Waals surface area contributed by atoms with Gasteiger partial charge in [0.25, 0.3) is 0 Å². The van der Waals surface area contributed by atoms with Gasteiger partial charge in [-0.25, -0.2) is 0 Å². The van der Waals surface area contributed by atoms with Crippen LogP contribution in [0.2, 0.25) is 0 Å². The van der Waals surface area contributed by atoms with E-state index in [4.69, 9.17) is 14.2 Å². The zero-order valence-corrected chi connectivity index (χ0v) is 25.0. The first-order chi connectivity index (χ1) is 19.0. The SMILES string of the molecule is CCCCCC(CC(=O)Nc1cc(CN2C(=O)CCC2=O)ccc1C(C)(C)C)c1cc(OC)c(OC)c(OC)c1. The van der Waals surface area contributed by atoms with Crippen LogP contribution in [-0.2, 0) is 26.3 Å². The van der Waals surface area contributed by atoms with E-state index in [0.717, 1.165) is 42.4 Å². The standard InChI is InChI=1S/C32H44N2O6/c1-8-9-10-11-22(23-17-26(38-5)31(40-7)27(18-23)39-6)19-28(35)33-25-16-21(12-13-24(25)32(2,3)4)20-34-29(36)14-15-30(34)37/h12-13,16-18,22H,8-11,14-15,19-20H2,1-7H3,(H,33,35). The number of likely N-dealkylation sites (tertiary alicyclic amines) is 1. The molecule has 1 heterocycles. The number of rotatable bonds is 13. The largest absolute Gasteiger partial charge is 0.493 e. The van der Waals surface area contributed by atoms with Gasteiger partial charge in [0, 0.05) is 24.9 Å². The fourth-order valence-electron chi connectivity index (χ4n) is 5.22. The summed E-state index contributed by atoms with van der Waals surface area (Å²) in [5.74, 6) is 1.17. The molecular weight excluding hydrogens is 508 g/mol. The van der Waals surface area contributed by atoms with Gasteiger partial charge in [0.2, 0.25) is 23.5 Å². The highest BCUT2D eigenvalue weighted by Crippen LogP contribution is 2.42. The summed E-state index contributed by atoms with van der Waals surface area (Å²) >= 11 is 0. The van der Waals surface area contributed by atoms with Gasteiger partial charge in [-0.2, -0.15) is 0 Å². The minimum atomic E-state index is -0.225. The van der Waals surface area contributed by atoms with Crippen LogP contribution in [-0.4, -0.2) is 44.0 Å². The predicted octanol–water partition coefficient (Wildman–Crippen LogP) is 6.35. The van der Waals surface area contributed by atoms with Crippen LogP contribution in [0.25, 0.3) is 0 Å². The lowest BCUT2D eigenvalue weighted by Gasteiger charge is -2.25. The van der Waals surface area contributed by atoms with Crippen LogP contribution in [0.5, 0.6) is 17.2 Å².